The smallest absolute Gasteiger partial charge is 0.177 e. The van der Waals surface area contributed by atoms with E-state index in [1.165, 1.54) is 37.9 Å². The molecule has 0 saturated carbocycles. The van der Waals surface area contributed by atoms with Crippen LogP contribution in [0.25, 0.3) is 11.2 Å². The molecule has 2 aromatic rings. The van der Waals surface area contributed by atoms with Gasteiger partial charge in [0.05, 0.1) is 5.52 Å². The number of imidazole rings is 1. The quantitative estimate of drug-likeness (QED) is 0.816. The van der Waals surface area contributed by atoms with Crippen molar-refractivity contribution in [1.82, 2.24) is 25.2 Å². The zero-order valence-electron chi connectivity index (χ0n) is 12.2. The molecule has 5 nitrogen and oxygen atoms in total. The van der Waals surface area contributed by atoms with Gasteiger partial charge in [0.1, 0.15) is 5.82 Å². The van der Waals surface area contributed by atoms with E-state index < -0.39 is 0 Å². The van der Waals surface area contributed by atoms with Gasteiger partial charge in [-0.15, -0.1) is 0 Å². The lowest BCUT2D eigenvalue weighted by Crippen LogP contribution is -2.35. The van der Waals surface area contributed by atoms with Crippen LogP contribution in [0.3, 0.4) is 0 Å². The van der Waals surface area contributed by atoms with Crippen molar-refractivity contribution in [3.63, 3.8) is 0 Å². The summed E-state index contributed by atoms with van der Waals surface area (Å²) in [4.78, 5) is 14.5. The van der Waals surface area contributed by atoms with Crippen LogP contribution in [0.15, 0.2) is 12.3 Å². The number of fused-ring (bicyclic) bond motifs is 1. The van der Waals surface area contributed by atoms with Crippen LogP contribution in [-0.2, 0) is 6.54 Å². The van der Waals surface area contributed by atoms with E-state index in [4.69, 9.17) is 0 Å². The summed E-state index contributed by atoms with van der Waals surface area (Å²) in [6.07, 6.45) is 5.96. The number of H-pyrrole nitrogens is 1. The Morgan fingerprint density at radius 3 is 3.00 bits per heavy atom. The van der Waals surface area contributed by atoms with Crippen LogP contribution in [0.5, 0.6) is 0 Å². The minimum Gasteiger partial charge on any atom is -0.341 e. The Bertz CT molecular complexity index is 556. The molecule has 0 aliphatic carbocycles. The summed E-state index contributed by atoms with van der Waals surface area (Å²) in [6, 6.07) is 2.06. The van der Waals surface area contributed by atoms with Gasteiger partial charge in [-0.05, 0) is 44.5 Å². The Balaban J connectivity index is 1.52. The Labute approximate surface area is 119 Å². The molecule has 1 saturated heterocycles. The van der Waals surface area contributed by atoms with Gasteiger partial charge >= 0.3 is 0 Å². The third-order valence-electron chi connectivity index (χ3n) is 3.97. The fourth-order valence-electron chi connectivity index (χ4n) is 2.87. The number of piperidine rings is 1. The first-order valence-electron chi connectivity index (χ1n) is 7.56. The molecule has 3 rings (SSSR count). The highest BCUT2D eigenvalue weighted by atomic mass is 15.1. The number of hydrogen-bond donors (Lipinski definition) is 2. The summed E-state index contributed by atoms with van der Waals surface area (Å²) >= 11 is 0. The van der Waals surface area contributed by atoms with Crippen LogP contribution in [0, 0.1) is 6.92 Å². The van der Waals surface area contributed by atoms with Gasteiger partial charge in [-0.1, -0.05) is 6.42 Å². The first kappa shape index (κ1) is 13.5. The second-order valence-corrected chi connectivity index (χ2v) is 5.57. The third kappa shape index (κ3) is 3.16. The summed E-state index contributed by atoms with van der Waals surface area (Å²) in [6.45, 7) is 7.55. The van der Waals surface area contributed by atoms with Crippen LogP contribution in [0.1, 0.15) is 30.7 Å². The standard InChI is InChI=1S/C15H23N5/c1-12-18-14-13(5-6-17-15(14)19-12)11-16-7-10-20-8-3-2-4-9-20/h5-6,16H,2-4,7-11H2,1H3,(H,17,18,19). The van der Waals surface area contributed by atoms with Gasteiger partial charge in [0, 0.05) is 25.8 Å². The van der Waals surface area contributed by atoms with Gasteiger partial charge in [0.15, 0.2) is 5.65 Å². The van der Waals surface area contributed by atoms with E-state index in [9.17, 15) is 0 Å². The van der Waals surface area contributed by atoms with Crippen LogP contribution < -0.4 is 5.32 Å². The molecule has 0 atom stereocenters. The number of aromatic nitrogens is 3. The van der Waals surface area contributed by atoms with Crippen molar-refractivity contribution in [2.45, 2.75) is 32.7 Å². The molecule has 3 heterocycles. The van der Waals surface area contributed by atoms with Crippen molar-refractivity contribution >= 4 is 11.2 Å². The Hall–Kier alpha value is -1.46. The fourth-order valence-corrected chi connectivity index (χ4v) is 2.87. The monoisotopic (exact) mass is 273 g/mol. The van der Waals surface area contributed by atoms with Gasteiger partial charge in [0.25, 0.3) is 0 Å². The highest BCUT2D eigenvalue weighted by Crippen LogP contribution is 2.13. The molecule has 20 heavy (non-hydrogen) atoms. The zero-order chi connectivity index (χ0) is 13.8. The molecule has 0 unspecified atom stereocenters. The van der Waals surface area contributed by atoms with E-state index in [1.54, 1.807) is 0 Å². The van der Waals surface area contributed by atoms with Gasteiger partial charge in [0.2, 0.25) is 0 Å². The molecule has 2 aromatic heterocycles. The Kier molecular flexibility index (Phi) is 4.28. The van der Waals surface area contributed by atoms with Crippen molar-refractivity contribution in [3.8, 4) is 0 Å². The van der Waals surface area contributed by atoms with Crippen molar-refractivity contribution in [1.29, 1.82) is 0 Å². The number of nitrogens with one attached hydrogen (secondary N) is 2. The molecule has 1 fully saturated rings. The second-order valence-electron chi connectivity index (χ2n) is 5.57. The van der Waals surface area contributed by atoms with Crippen LogP contribution in [0.2, 0.25) is 0 Å². The predicted octanol–water partition coefficient (Wildman–Crippen LogP) is 1.84. The van der Waals surface area contributed by atoms with Crippen LogP contribution >= 0.6 is 0 Å². The van der Waals surface area contributed by atoms with E-state index in [0.29, 0.717) is 0 Å². The van der Waals surface area contributed by atoms with E-state index in [1.807, 2.05) is 13.1 Å². The number of aromatic amines is 1. The molecule has 108 valence electrons. The van der Waals surface area contributed by atoms with Crippen LogP contribution in [-0.4, -0.2) is 46.0 Å². The zero-order valence-corrected chi connectivity index (χ0v) is 12.2. The maximum atomic E-state index is 4.37. The molecule has 5 heteroatoms. The van der Waals surface area contributed by atoms with E-state index in [2.05, 4.69) is 31.2 Å². The number of aryl methyl sites for hydroxylation is 1. The van der Waals surface area contributed by atoms with Gasteiger partial charge in [-0.2, -0.15) is 0 Å². The lowest BCUT2D eigenvalue weighted by Gasteiger charge is -2.26. The Morgan fingerprint density at radius 1 is 1.30 bits per heavy atom. The van der Waals surface area contributed by atoms with Gasteiger partial charge in [-0.25, -0.2) is 9.97 Å². The fraction of sp³-hybridized carbons (Fsp3) is 0.600. The summed E-state index contributed by atoms with van der Waals surface area (Å²) in [7, 11) is 0. The Morgan fingerprint density at radius 2 is 2.15 bits per heavy atom. The number of hydrogen-bond acceptors (Lipinski definition) is 4. The number of rotatable bonds is 5. The lowest BCUT2D eigenvalue weighted by atomic mass is 10.1. The molecule has 0 amide bonds. The molecule has 1 aliphatic rings. The first-order valence-corrected chi connectivity index (χ1v) is 7.56. The molecular formula is C15H23N5. The molecule has 0 bridgehead atoms. The highest BCUT2D eigenvalue weighted by Gasteiger charge is 2.09. The topological polar surface area (TPSA) is 56.8 Å². The maximum Gasteiger partial charge on any atom is 0.177 e. The molecule has 1 aliphatic heterocycles. The van der Waals surface area contributed by atoms with Crippen molar-refractivity contribution in [2.24, 2.45) is 0 Å². The predicted molar refractivity (Wildman–Crippen MR) is 80.6 cm³/mol. The molecule has 0 radical (unpaired) electrons. The minimum absolute atomic E-state index is 0.817. The van der Waals surface area contributed by atoms with Crippen molar-refractivity contribution < 1.29 is 0 Å². The van der Waals surface area contributed by atoms with E-state index >= 15 is 0 Å². The number of nitrogens with zero attached hydrogens (tertiary/aromatic N) is 3. The third-order valence-corrected chi connectivity index (χ3v) is 3.97. The van der Waals surface area contributed by atoms with Gasteiger partial charge in [-0.3, -0.25) is 0 Å². The molecule has 0 aromatic carbocycles. The maximum absolute atomic E-state index is 4.37. The SMILES string of the molecule is Cc1nc2nccc(CNCCN3CCCCC3)c2[nH]1. The average molecular weight is 273 g/mol. The van der Waals surface area contributed by atoms with Crippen molar-refractivity contribution in [2.75, 3.05) is 26.2 Å². The second kappa shape index (κ2) is 6.33. The summed E-state index contributed by atoms with van der Waals surface area (Å²) < 4.78 is 0. The number of pyridine rings is 1. The van der Waals surface area contributed by atoms with Crippen molar-refractivity contribution in [3.05, 3.63) is 23.7 Å². The average Bonchev–Trinajstić information content (AvgIpc) is 2.86. The first-order chi connectivity index (χ1) is 9.83. The summed E-state index contributed by atoms with van der Waals surface area (Å²) in [5.74, 6) is 0.924. The summed E-state index contributed by atoms with van der Waals surface area (Å²) in [5, 5.41) is 3.53. The van der Waals surface area contributed by atoms with E-state index in [-0.39, 0.29) is 0 Å². The van der Waals surface area contributed by atoms with Gasteiger partial charge < -0.3 is 15.2 Å². The summed E-state index contributed by atoms with van der Waals surface area (Å²) in [5.41, 5.74) is 3.13. The van der Waals surface area contributed by atoms with E-state index in [0.717, 1.165) is 36.6 Å². The lowest BCUT2D eigenvalue weighted by molar-refractivity contribution is 0.229. The molecular weight excluding hydrogens is 250 g/mol. The highest BCUT2D eigenvalue weighted by molar-refractivity contribution is 5.74. The molecule has 2 N–H and O–H groups in total. The van der Waals surface area contributed by atoms with Crippen LogP contribution in [0.4, 0.5) is 0 Å². The minimum atomic E-state index is 0.817. The molecule has 0 spiro atoms. The number of likely N-dealkylation sites (tertiary alicyclic amines) is 1. The largest absolute Gasteiger partial charge is 0.341 e. The normalized spacial score (nSPS) is 16.9.